The summed E-state index contributed by atoms with van der Waals surface area (Å²) in [6.07, 6.45) is -0.0917. The normalized spacial score (nSPS) is 12.6. The highest BCUT2D eigenvalue weighted by molar-refractivity contribution is 5.80. The molecule has 0 saturated carbocycles. The third-order valence-corrected chi connectivity index (χ3v) is 3.41. The Kier molecular flexibility index (Phi) is 5.55. The van der Waals surface area contributed by atoms with E-state index in [0.29, 0.717) is 6.42 Å². The van der Waals surface area contributed by atoms with E-state index in [1.165, 1.54) is 0 Å². The number of aliphatic carboxylic acids is 1. The SMILES string of the molecule is CCC(C)(C)[C@H](NC(=O)OCc1ccccc1)C(=O)O. The Labute approximate surface area is 118 Å². The number of amides is 1. The van der Waals surface area contributed by atoms with Crippen molar-refractivity contribution in [1.29, 1.82) is 0 Å². The molecule has 110 valence electrons. The van der Waals surface area contributed by atoms with Crippen molar-refractivity contribution in [2.45, 2.75) is 39.8 Å². The number of carbonyl (C=O) groups excluding carboxylic acids is 1. The van der Waals surface area contributed by atoms with Crippen LogP contribution in [0.5, 0.6) is 0 Å². The summed E-state index contributed by atoms with van der Waals surface area (Å²) in [4.78, 5) is 22.9. The second kappa shape index (κ2) is 6.93. The zero-order valence-electron chi connectivity index (χ0n) is 12.1. The van der Waals surface area contributed by atoms with Gasteiger partial charge >= 0.3 is 12.1 Å². The van der Waals surface area contributed by atoms with Gasteiger partial charge in [-0.15, -0.1) is 0 Å². The molecule has 5 heteroatoms. The highest BCUT2D eigenvalue weighted by Gasteiger charge is 2.35. The number of hydrogen-bond donors (Lipinski definition) is 2. The summed E-state index contributed by atoms with van der Waals surface area (Å²) in [6, 6.07) is 8.24. The van der Waals surface area contributed by atoms with Crippen LogP contribution in [-0.4, -0.2) is 23.2 Å². The van der Waals surface area contributed by atoms with Gasteiger partial charge in [0.15, 0.2) is 0 Å². The molecule has 1 rings (SSSR count). The van der Waals surface area contributed by atoms with Gasteiger partial charge in [0.25, 0.3) is 0 Å². The molecule has 0 aliphatic heterocycles. The molecule has 1 aromatic carbocycles. The summed E-state index contributed by atoms with van der Waals surface area (Å²) in [6.45, 7) is 5.59. The van der Waals surface area contributed by atoms with Gasteiger partial charge in [0.1, 0.15) is 12.6 Å². The zero-order valence-corrected chi connectivity index (χ0v) is 12.1. The minimum atomic E-state index is -1.06. The lowest BCUT2D eigenvalue weighted by Crippen LogP contribution is -2.50. The zero-order chi connectivity index (χ0) is 15.2. The number of rotatable bonds is 6. The van der Waals surface area contributed by atoms with Crippen LogP contribution in [0, 0.1) is 5.41 Å². The average Bonchev–Trinajstić information content (AvgIpc) is 2.43. The number of alkyl carbamates (subject to hydrolysis) is 1. The van der Waals surface area contributed by atoms with Crippen LogP contribution in [-0.2, 0) is 16.1 Å². The van der Waals surface area contributed by atoms with Crippen LogP contribution in [0.2, 0.25) is 0 Å². The van der Waals surface area contributed by atoms with Gasteiger partial charge in [0.05, 0.1) is 0 Å². The molecule has 1 atom stereocenters. The lowest BCUT2D eigenvalue weighted by molar-refractivity contribution is -0.142. The largest absolute Gasteiger partial charge is 0.480 e. The Balaban J connectivity index is 2.57. The first-order chi connectivity index (χ1) is 9.36. The molecule has 0 heterocycles. The van der Waals surface area contributed by atoms with Gasteiger partial charge in [-0.1, -0.05) is 51.1 Å². The maximum absolute atomic E-state index is 11.7. The Hall–Kier alpha value is -2.04. The second-order valence-electron chi connectivity index (χ2n) is 5.32. The van der Waals surface area contributed by atoms with Crippen molar-refractivity contribution in [3.63, 3.8) is 0 Å². The first-order valence-corrected chi connectivity index (χ1v) is 6.57. The van der Waals surface area contributed by atoms with Crippen LogP contribution in [0.25, 0.3) is 0 Å². The van der Waals surface area contributed by atoms with E-state index in [1.54, 1.807) is 13.8 Å². The molecule has 1 aromatic rings. The standard InChI is InChI=1S/C15H21NO4/c1-4-15(2,3)12(13(17)18)16-14(19)20-10-11-8-6-5-7-9-11/h5-9,12H,4,10H2,1-3H3,(H,16,19)(H,17,18)/t12-/m1/s1. The lowest BCUT2D eigenvalue weighted by Gasteiger charge is -2.30. The highest BCUT2D eigenvalue weighted by atomic mass is 16.5. The van der Waals surface area contributed by atoms with E-state index in [0.717, 1.165) is 5.56 Å². The summed E-state index contributed by atoms with van der Waals surface area (Å²) < 4.78 is 5.04. The first-order valence-electron chi connectivity index (χ1n) is 6.57. The summed E-state index contributed by atoms with van der Waals surface area (Å²) >= 11 is 0. The topological polar surface area (TPSA) is 75.6 Å². The third kappa shape index (κ3) is 4.57. The van der Waals surface area contributed by atoms with Crippen molar-refractivity contribution >= 4 is 12.1 Å². The predicted octanol–water partition coefficient (Wildman–Crippen LogP) is 2.80. The van der Waals surface area contributed by atoms with Crippen molar-refractivity contribution in [2.75, 3.05) is 0 Å². The first kappa shape index (κ1) is 16.0. The van der Waals surface area contributed by atoms with E-state index < -0.39 is 23.5 Å². The molecule has 0 aliphatic rings. The van der Waals surface area contributed by atoms with Crippen LogP contribution in [0.4, 0.5) is 4.79 Å². The van der Waals surface area contributed by atoms with Crippen molar-refractivity contribution in [3.05, 3.63) is 35.9 Å². The van der Waals surface area contributed by atoms with Gasteiger partial charge in [-0.3, -0.25) is 0 Å². The van der Waals surface area contributed by atoms with E-state index in [9.17, 15) is 14.7 Å². The van der Waals surface area contributed by atoms with E-state index >= 15 is 0 Å². The molecular weight excluding hydrogens is 258 g/mol. The molecule has 0 bridgehead atoms. The number of carbonyl (C=O) groups is 2. The number of nitrogens with one attached hydrogen (secondary N) is 1. The van der Waals surface area contributed by atoms with Crippen molar-refractivity contribution < 1.29 is 19.4 Å². The molecular formula is C15H21NO4. The number of hydrogen-bond acceptors (Lipinski definition) is 3. The molecule has 0 fully saturated rings. The van der Waals surface area contributed by atoms with E-state index in [-0.39, 0.29) is 6.61 Å². The summed E-state index contributed by atoms with van der Waals surface area (Å²) in [7, 11) is 0. The van der Waals surface area contributed by atoms with Gasteiger partial charge in [-0.2, -0.15) is 0 Å². The lowest BCUT2D eigenvalue weighted by atomic mass is 9.82. The van der Waals surface area contributed by atoms with E-state index in [4.69, 9.17) is 4.74 Å². The minimum absolute atomic E-state index is 0.117. The molecule has 0 aliphatic carbocycles. The molecule has 0 saturated heterocycles. The van der Waals surface area contributed by atoms with Gasteiger partial charge < -0.3 is 15.2 Å². The van der Waals surface area contributed by atoms with Gasteiger partial charge in [0.2, 0.25) is 0 Å². The molecule has 1 amide bonds. The minimum Gasteiger partial charge on any atom is -0.480 e. The molecule has 0 spiro atoms. The van der Waals surface area contributed by atoms with Gasteiger partial charge in [-0.05, 0) is 17.4 Å². The van der Waals surface area contributed by atoms with Crippen molar-refractivity contribution in [1.82, 2.24) is 5.32 Å². The van der Waals surface area contributed by atoms with Crippen LogP contribution in [0.15, 0.2) is 30.3 Å². The maximum Gasteiger partial charge on any atom is 0.408 e. The smallest absolute Gasteiger partial charge is 0.408 e. The summed E-state index contributed by atoms with van der Waals surface area (Å²) in [5.74, 6) is -1.06. The monoisotopic (exact) mass is 279 g/mol. The summed E-state index contributed by atoms with van der Waals surface area (Å²) in [5.41, 5.74) is 0.307. The number of carboxylic acids is 1. The molecule has 0 unspecified atom stereocenters. The van der Waals surface area contributed by atoms with Crippen LogP contribution in [0.3, 0.4) is 0 Å². The van der Waals surface area contributed by atoms with E-state index in [2.05, 4.69) is 5.32 Å². The number of benzene rings is 1. The molecule has 5 nitrogen and oxygen atoms in total. The molecule has 2 N–H and O–H groups in total. The fraction of sp³-hybridized carbons (Fsp3) is 0.467. The van der Waals surface area contributed by atoms with E-state index in [1.807, 2.05) is 37.3 Å². The molecule has 0 aromatic heterocycles. The third-order valence-electron chi connectivity index (χ3n) is 3.41. The van der Waals surface area contributed by atoms with Crippen LogP contribution < -0.4 is 5.32 Å². The fourth-order valence-electron chi connectivity index (χ4n) is 1.68. The van der Waals surface area contributed by atoms with Crippen molar-refractivity contribution in [3.8, 4) is 0 Å². The van der Waals surface area contributed by atoms with Gasteiger partial charge in [0, 0.05) is 0 Å². The number of ether oxygens (including phenoxy) is 1. The predicted molar refractivity (Wildman–Crippen MR) is 75.3 cm³/mol. The van der Waals surface area contributed by atoms with Crippen molar-refractivity contribution in [2.24, 2.45) is 5.41 Å². The number of carboxylic acid groups (broad SMARTS) is 1. The molecule has 20 heavy (non-hydrogen) atoms. The quantitative estimate of drug-likeness (QED) is 0.839. The Morgan fingerprint density at radius 2 is 1.90 bits per heavy atom. The Morgan fingerprint density at radius 1 is 1.30 bits per heavy atom. The Morgan fingerprint density at radius 3 is 2.40 bits per heavy atom. The fourth-order valence-corrected chi connectivity index (χ4v) is 1.68. The van der Waals surface area contributed by atoms with Crippen LogP contribution >= 0.6 is 0 Å². The Bertz CT molecular complexity index is 456. The van der Waals surface area contributed by atoms with Gasteiger partial charge in [-0.25, -0.2) is 9.59 Å². The van der Waals surface area contributed by atoms with Crippen LogP contribution in [0.1, 0.15) is 32.8 Å². The maximum atomic E-state index is 11.7. The molecule has 0 radical (unpaired) electrons. The average molecular weight is 279 g/mol. The highest BCUT2D eigenvalue weighted by Crippen LogP contribution is 2.25. The second-order valence-corrected chi connectivity index (χ2v) is 5.32. The summed E-state index contributed by atoms with van der Waals surface area (Å²) in [5, 5.41) is 11.6.